The molecule has 9 heteroatoms. The summed E-state index contributed by atoms with van der Waals surface area (Å²) < 4.78 is 8.00. The number of fused-ring (bicyclic) bond motifs is 1. The summed E-state index contributed by atoms with van der Waals surface area (Å²) in [6.45, 7) is 0.445. The van der Waals surface area contributed by atoms with Gasteiger partial charge in [-0.3, -0.25) is 9.36 Å². The predicted octanol–water partition coefficient (Wildman–Crippen LogP) is 4.39. The lowest BCUT2D eigenvalue weighted by molar-refractivity contribution is 0.500. The van der Waals surface area contributed by atoms with Crippen LogP contribution in [0.25, 0.3) is 10.9 Å². The molecule has 0 spiro atoms. The van der Waals surface area contributed by atoms with Gasteiger partial charge in [-0.1, -0.05) is 42.1 Å². The Morgan fingerprint density at radius 2 is 2.04 bits per heavy atom. The molecule has 0 fully saturated rings. The number of benzene rings is 2. The lowest BCUT2D eigenvalue weighted by Gasteiger charge is -2.13. The zero-order chi connectivity index (χ0) is 18.8. The Balaban J connectivity index is 1.79. The zero-order valence-electron chi connectivity index (χ0n) is 13.9. The van der Waals surface area contributed by atoms with Gasteiger partial charge in [0.05, 0.1) is 23.2 Å². The molecule has 0 aliphatic rings. The van der Waals surface area contributed by atoms with Gasteiger partial charge in [0.2, 0.25) is 5.89 Å². The zero-order valence-corrected chi connectivity index (χ0v) is 17.7. The highest BCUT2D eigenvalue weighted by Gasteiger charge is 2.14. The molecule has 0 radical (unpaired) electrons. The minimum absolute atomic E-state index is 0.0622. The van der Waals surface area contributed by atoms with Crippen molar-refractivity contribution in [1.29, 1.82) is 0 Å². The molecule has 0 aliphatic carbocycles. The van der Waals surface area contributed by atoms with Crippen molar-refractivity contribution in [2.75, 3.05) is 0 Å². The number of H-pyrrole nitrogens is 1. The van der Waals surface area contributed by atoms with Gasteiger partial charge in [-0.05, 0) is 58.6 Å². The van der Waals surface area contributed by atoms with Gasteiger partial charge in [-0.15, -0.1) is 5.10 Å². The molecular formula is C18H13IN4O2S2. The fourth-order valence-electron chi connectivity index (χ4n) is 2.64. The highest BCUT2D eigenvalue weighted by atomic mass is 127. The standard InChI is InChI=1S/C18H13IN4O2S2/c19-12-6-7-14-13(8-12)16(24)23(9-11-4-2-1-3-5-11)17(20-14)27-10-15-21-22-18(26)25-15/h1-8H,9-10H2,(H,22,26). The van der Waals surface area contributed by atoms with Crippen LogP contribution in [0.3, 0.4) is 0 Å². The van der Waals surface area contributed by atoms with Crippen LogP contribution in [0.5, 0.6) is 0 Å². The minimum atomic E-state index is -0.0622. The number of hydrogen-bond donors (Lipinski definition) is 1. The van der Waals surface area contributed by atoms with Gasteiger partial charge in [0.15, 0.2) is 5.16 Å². The van der Waals surface area contributed by atoms with E-state index in [0.29, 0.717) is 34.2 Å². The first-order valence-electron chi connectivity index (χ1n) is 8.01. The second-order valence-corrected chi connectivity index (χ2v) is 8.29. The van der Waals surface area contributed by atoms with E-state index in [0.717, 1.165) is 9.13 Å². The number of thioether (sulfide) groups is 1. The van der Waals surface area contributed by atoms with Gasteiger partial charge in [0.25, 0.3) is 10.4 Å². The van der Waals surface area contributed by atoms with Crippen LogP contribution < -0.4 is 5.56 Å². The van der Waals surface area contributed by atoms with Gasteiger partial charge in [0, 0.05) is 3.57 Å². The molecule has 0 atom stereocenters. The summed E-state index contributed by atoms with van der Waals surface area (Å²) in [6, 6.07) is 15.5. The molecule has 0 amide bonds. The molecule has 2 aromatic carbocycles. The number of hydrogen-bond acceptors (Lipinski definition) is 6. The first-order chi connectivity index (χ1) is 13.1. The second kappa shape index (κ2) is 7.95. The summed E-state index contributed by atoms with van der Waals surface area (Å²) in [5.41, 5.74) is 1.65. The molecule has 2 heterocycles. The van der Waals surface area contributed by atoms with Gasteiger partial charge in [-0.2, -0.15) is 0 Å². The van der Waals surface area contributed by atoms with Gasteiger partial charge >= 0.3 is 0 Å². The SMILES string of the molecule is O=c1c2cc(I)ccc2nc(SCc2n[nH]c(=S)o2)n1Cc1ccccc1. The lowest BCUT2D eigenvalue weighted by Crippen LogP contribution is -2.24. The average Bonchev–Trinajstić information content (AvgIpc) is 3.09. The van der Waals surface area contributed by atoms with Crippen LogP contribution in [-0.4, -0.2) is 19.7 Å². The first kappa shape index (κ1) is 18.4. The van der Waals surface area contributed by atoms with E-state index in [4.69, 9.17) is 21.6 Å². The monoisotopic (exact) mass is 508 g/mol. The summed E-state index contributed by atoms with van der Waals surface area (Å²) in [7, 11) is 0. The third-order valence-electron chi connectivity index (χ3n) is 3.87. The summed E-state index contributed by atoms with van der Waals surface area (Å²) >= 11 is 8.50. The highest BCUT2D eigenvalue weighted by molar-refractivity contribution is 14.1. The predicted molar refractivity (Wildman–Crippen MR) is 116 cm³/mol. The first-order valence-corrected chi connectivity index (χ1v) is 10.5. The average molecular weight is 508 g/mol. The van der Waals surface area contributed by atoms with Crippen LogP contribution in [-0.2, 0) is 12.3 Å². The van der Waals surface area contributed by atoms with Crippen molar-refractivity contribution >= 4 is 57.5 Å². The maximum atomic E-state index is 13.2. The smallest absolute Gasteiger partial charge is 0.284 e. The molecule has 0 saturated carbocycles. The second-order valence-electron chi connectivity index (χ2n) is 5.73. The fourth-order valence-corrected chi connectivity index (χ4v) is 4.11. The fraction of sp³-hybridized carbons (Fsp3) is 0.111. The number of halogens is 1. The van der Waals surface area contributed by atoms with Crippen molar-refractivity contribution in [2.24, 2.45) is 0 Å². The largest absolute Gasteiger partial charge is 0.413 e. The molecule has 0 unspecified atom stereocenters. The molecule has 27 heavy (non-hydrogen) atoms. The van der Waals surface area contributed by atoms with Crippen LogP contribution in [0.1, 0.15) is 11.5 Å². The van der Waals surface area contributed by atoms with Crippen molar-refractivity contribution in [3.05, 3.63) is 78.7 Å². The summed E-state index contributed by atoms with van der Waals surface area (Å²) in [4.78, 5) is 18.1. The van der Waals surface area contributed by atoms with E-state index in [1.54, 1.807) is 4.57 Å². The van der Waals surface area contributed by atoms with E-state index in [1.165, 1.54) is 11.8 Å². The molecule has 4 aromatic rings. The molecule has 6 nitrogen and oxygen atoms in total. The van der Waals surface area contributed by atoms with Crippen molar-refractivity contribution in [2.45, 2.75) is 17.5 Å². The van der Waals surface area contributed by atoms with E-state index < -0.39 is 0 Å². The van der Waals surface area contributed by atoms with Gasteiger partial charge < -0.3 is 4.42 Å². The Morgan fingerprint density at radius 3 is 2.78 bits per heavy atom. The van der Waals surface area contributed by atoms with Gasteiger partial charge in [-0.25, -0.2) is 10.1 Å². The number of nitrogens with zero attached hydrogens (tertiary/aromatic N) is 3. The Morgan fingerprint density at radius 1 is 1.22 bits per heavy atom. The van der Waals surface area contributed by atoms with Crippen LogP contribution in [0.15, 0.2) is 62.9 Å². The quantitative estimate of drug-likeness (QED) is 0.187. The van der Waals surface area contributed by atoms with E-state index >= 15 is 0 Å². The highest BCUT2D eigenvalue weighted by Crippen LogP contribution is 2.23. The van der Waals surface area contributed by atoms with Crippen molar-refractivity contribution < 1.29 is 4.42 Å². The summed E-state index contributed by atoms with van der Waals surface area (Å²) in [5.74, 6) is 0.887. The Labute approximate surface area is 177 Å². The molecule has 136 valence electrons. The van der Waals surface area contributed by atoms with E-state index in [1.807, 2.05) is 48.5 Å². The van der Waals surface area contributed by atoms with E-state index in [-0.39, 0.29) is 10.4 Å². The van der Waals surface area contributed by atoms with E-state index in [9.17, 15) is 4.79 Å². The third-order valence-corrected chi connectivity index (χ3v) is 5.68. The Kier molecular flexibility index (Phi) is 5.41. The summed E-state index contributed by atoms with van der Waals surface area (Å²) in [5, 5.41) is 7.83. The topological polar surface area (TPSA) is 76.7 Å². The Hall–Kier alpha value is -1.98. The number of aromatic nitrogens is 4. The van der Waals surface area contributed by atoms with Crippen LogP contribution in [0.2, 0.25) is 0 Å². The number of rotatable bonds is 5. The number of aromatic amines is 1. The molecule has 0 saturated heterocycles. The lowest BCUT2D eigenvalue weighted by atomic mass is 10.2. The molecular weight excluding hydrogens is 495 g/mol. The normalized spacial score (nSPS) is 11.1. The van der Waals surface area contributed by atoms with Crippen molar-refractivity contribution in [1.82, 2.24) is 19.7 Å². The van der Waals surface area contributed by atoms with Crippen LogP contribution >= 0.6 is 46.6 Å². The third kappa shape index (κ3) is 4.14. The molecule has 4 rings (SSSR count). The van der Waals surface area contributed by atoms with E-state index in [2.05, 4.69) is 32.8 Å². The Bertz CT molecular complexity index is 1220. The maximum Gasteiger partial charge on any atom is 0.284 e. The van der Waals surface area contributed by atoms with Gasteiger partial charge in [0.1, 0.15) is 0 Å². The van der Waals surface area contributed by atoms with Crippen molar-refractivity contribution in [3.63, 3.8) is 0 Å². The summed E-state index contributed by atoms with van der Waals surface area (Å²) in [6.07, 6.45) is 0. The number of nitrogens with one attached hydrogen (secondary N) is 1. The van der Waals surface area contributed by atoms with Crippen LogP contribution in [0, 0.1) is 8.41 Å². The molecule has 0 aliphatic heterocycles. The molecule has 0 bridgehead atoms. The molecule has 2 aromatic heterocycles. The van der Waals surface area contributed by atoms with Crippen LogP contribution in [0.4, 0.5) is 0 Å². The van der Waals surface area contributed by atoms with Crippen molar-refractivity contribution in [3.8, 4) is 0 Å². The molecule has 1 N–H and O–H groups in total. The maximum absolute atomic E-state index is 13.2. The minimum Gasteiger partial charge on any atom is -0.413 e.